The van der Waals surface area contributed by atoms with Gasteiger partial charge in [0.2, 0.25) is 5.91 Å². The Kier molecular flexibility index (Phi) is 5.36. The molecule has 2 aliphatic carbocycles. The largest absolute Gasteiger partial charge is 0.342 e. The van der Waals surface area contributed by atoms with Crippen molar-refractivity contribution in [1.29, 1.82) is 0 Å². The topological polar surface area (TPSA) is 61.8 Å². The molecule has 30 heavy (non-hydrogen) atoms. The normalized spacial score (nSPS) is 31.9. The van der Waals surface area contributed by atoms with E-state index in [0.717, 1.165) is 49.0 Å². The van der Waals surface area contributed by atoms with Crippen molar-refractivity contribution in [3.05, 3.63) is 34.3 Å². The standard InChI is InChI=1S/C24H32BrN3O2/c1-16-9-13-28(14-10-16)21(30)24-12-11-23(4,22(24,2)3)19(15-24)26-27-20(29)17-5-7-18(25)8-6-17/h5-8,16H,9-15H2,1-4H3,(H,27,29)/b26-19+/t23-,24-/m0/s1. The van der Waals surface area contributed by atoms with Crippen molar-refractivity contribution in [2.45, 2.75) is 59.8 Å². The summed E-state index contributed by atoms with van der Waals surface area (Å²) in [4.78, 5) is 28.4. The number of nitrogens with one attached hydrogen (secondary N) is 1. The number of benzene rings is 1. The maximum atomic E-state index is 13.8. The lowest BCUT2D eigenvalue weighted by Crippen LogP contribution is -2.50. The van der Waals surface area contributed by atoms with Gasteiger partial charge in [0, 0.05) is 40.7 Å². The van der Waals surface area contributed by atoms with E-state index >= 15 is 0 Å². The van der Waals surface area contributed by atoms with Crippen molar-refractivity contribution >= 4 is 33.5 Å². The molecule has 6 heteroatoms. The Morgan fingerprint density at radius 1 is 1.10 bits per heavy atom. The molecular formula is C24H32BrN3O2. The lowest BCUT2D eigenvalue weighted by Gasteiger charge is -2.43. The number of hydrogen-bond acceptors (Lipinski definition) is 3. The minimum absolute atomic E-state index is 0.182. The second-order valence-electron chi connectivity index (χ2n) is 10.2. The van der Waals surface area contributed by atoms with Crippen LogP contribution in [-0.2, 0) is 4.79 Å². The first-order valence-electron chi connectivity index (χ1n) is 11.0. The number of amides is 2. The molecule has 2 amide bonds. The first-order chi connectivity index (χ1) is 14.1. The number of carbonyl (C=O) groups is 2. The number of halogens is 1. The Morgan fingerprint density at radius 2 is 1.73 bits per heavy atom. The molecule has 1 N–H and O–H groups in total. The van der Waals surface area contributed by atoms with Crippen molar-refractivity contribution in [3.8, 4) is 0 Å². The van der Waals surface area contributed by atoms with E-state index in [1.165, 1.54) is 0 Å². The minimum Gasteiger partial charge on any atom is -0.342 e. The second-order valence-corrected chi connectivity index (χ2v) is 11.1. The van der Waals surface area contributed by atoms with E-state index in [1.807, 2.05) is 12.1 Å². The Labute approximate surface area is 187 Å². The first kappa shape index (κ1) is 21.5. The predicted molar refractivity (Wildman–Crippen MR) is 122 cm³/mol. The summed E-state index contributed by atoms with van der Waals surface area (Å²) in [5, 5.41) is 4.59. The zero-order chi connectivity index (χ0) is 21.7. The molecule has 4 rings (SSSR count). The molecule has 0 radical (unpaired) electrons. The fourth-order valence-corrected chi connectivity index (χ4v) is 6.09. The van der Waals surface area contributed by atoms with Crippen LogP contribution in [0.4, 0.5) is 0 Å². The van der Waals surface area contributed by atoms with E-state index in [9.17, 15) is 9.59 Å². The summed E-state index contributed by atoms with van der Waals surface area (Å²) in [5.41, 5.74) is 3.50. The summed E-state index contributed by atoms with van der Waals surface area (Å²) in [7, 11) is 0. The van der Waals surface area contributed by atoms with E-state index in [2.05, 4.69) is 59.1 Å². The maximum Gasteiger partial charge on any atom is 0.271 e. The van der Waals surface area contributed by atoms with Gasteiger partial charge in [0.15, 0.2) is 0 Å². The molecule has 0 aromatic heterocycles. The zero-order valence-corrected chi connectivity index (χ0v) is 20.0. The molecule has 1 aromatic carbocycles. The first-order valence-corrected chi connectivity index (χ1v) is 11.8. The van der Waals surface area contributed by atoms with Crippen LogP contribution in [0.25, 0.3) is 0 Å². The Hall–Kier alpha value is -1.69. The number of hydrogen-bond donors (Lipinski definition) is 1. The third-order valence-corrected chi connectivity index (χ3v) is 9.14. The molecule has 1 aromatic rings. The molecule has 3 fully saturated rings. The molecule has 0 unspecified atom stereocenters. The van der Waals surface area contributed by atoms with E-state index in [-0.39, 0.29) is 16.7 Å². The third kappa shape index (κ3) is 3.14. The van der Waals surface area contributed by atoms with Gasteiger partial charge < -0.3 is 4.90 Å². The summed E-state index contributed by atoms with van der Waals surface area (Å²) < 4.78 is 0.931. The Balaban J connectivity index is 1.57. The SMILES string of the molecule is CC1CCN(C(=O)[C@]23CC[C@@](C)(/C(=N/NC(=O)c4ccc(Br)cc4)C2)C3(C)C)CC1. The highest BCUT2D eigenvalue weighted by Gasteiger charge is 2.72. The fourth-order valence-electron chi connectivity index (χ4n) is 5.82. The maximum absolute atomic E-state index is 13.8. The van der Waals surface area contributed by atoms with Crippen LogP contribution in [0, 0.1) is 22.2 Å². The van der Waals surface area contributed by atoms with Gasteiger partial charge in [0.1, 0.15) is 0 Å². The molecule has 5 nitrogen and oxygen atoms in total. The third-order valence-electron chi connectivity index (χ3n) is 8.61. The number of rotatable bonds is 3. The number of likely N-dealkylation sites (tertiary alicyclic amines) is 1. The van der Waals surface area contributed by atoms with E-state index in [4.69, 9.17) is 0 Å². The highest BCUT2D eigenvalue weighted by atomic mass is 79.9. The lowest BCUT2D eigenvalue weighted by molar-refractivity contribution is -0.148. The quantitative estimate of drug-likeness (QED) is 0.626. The molecule has 162 valence electrons. The number of hydrazone groups is 1. The molecule has 2 bridgehead atoms. The summed E-state index contributed by atoms with van der Waals surface area (Å²) in [6, 6.07) is 7.23. The Morgan fingerprint density at radius 3 is 2.37 bits per heavy atom. The monoisotopic (exact) mass is 473 g/mol. The smallest absolute Gasteiger partial charge is 0.271 e. The summed E-state index contributed by atoms with van der Waals surface area (Å²) in [6.07, 6.45) is 4.65. The van der Waals surface area contributed by atoms with Crippen LogP contribution < -0.4 is 5.43 Å². The van der Waals surface area contributed by atoms with Gasteiger partial charge in [-0.2, -0.15) is 5.10 Å². The number of fused-ring (bicyclic) bond motifs is 2. The second kappa shape index (κ2) is 7.47. The van der Waals surface area contributed by atoms with Crippen LogP contribution in [0.2, 0.25) is 0 Å². The van der Waals surface area contributed by atoms with Gasteiger partial charge in [-0.3, -0.25) is 9.59 Å². The van der Waals surface area contributed by atoms with Crippen LogP contribution in [-0.4, -0.2) is 35.5 Å². The van der Waals surface area contributed by atoms with Crippen molar-refractivity contribution < 1.29 is 9.59 Å². The predicted octanol–water partition coefficient (Wildman–Crippen LogP) is 5.01. The fraction of sp³-hybridized carbons (Fsp3) is 0.625. The van der Waals surface area contributed by atoms with Gasteiger partial charge >= 0.3 is 0 Å². The molecule has 1 heterocycles. The summed E-state index contributed by atoms with van der Waals surface area (Å²) in [5.74, 6) is 0.778. The van der Waals surface area contributed by atoms with Crippen molar-refractivity contribution in [2.24, 2.45) is 27.3 Å². The molecule has 1 aliphatic heterocycles. The van der Waals surface area contributed by atoms with E-state index < -0.39 is 5.41 Å². The molecule has 0 spiro atoms. The highest BCUT2D eigenvalue weighted by molar-refractivity contribution is 9.10. The van der Waals surface area contributed by atoms with Crippen LogP contribution in [0.5, 0.6) is 0 Å². The summed E-state index contributed by atoms with van der Waals surface area (Å²) in [6.45, 7) is 10.7. The Bertz CT molecular complexity index is 886. The molecule has 2 atom stereocenters. The van der Waals surface area contributed by atoms with Crippen LogP contribution in [0.15, 0.2) is 33.8 Å². The van der Waals surface area contributed by atoms with Crippen molar-refractivity contribution in [1.82, 2.24) is 10.3 Å². The van der Waals surface area contributed by atoms with Crippen LogP contribution in [0.1, 0.15) is 70.2 Å². The van der Waals surface area contributed by atoms with Crippen LogP contribution in [0.3, 0.4) is 0 Å². The van der Waals surface area contributed by atoms with Crippen molar-refractivity contribution in [2.75, 3.05) is 13.1 Å². The van der Waals surface area contributed by atoms with Gasteiger partial charge in [-0.1, -0.05) is 43.6 Å². The lowest BCUT2D eigenvalue weighted by atomic mass is 9.64. The van der Waals surface area contributed by atoms with Gasteiger partial charge in [0.25, 0.3) is 5.91 Å². The van der Waals surface area contributed by atoms with Gasteiger partial charge in [0.05, 0.1) is 5.41 Å². The van der Waals surface area contributed by atoms with Gasteiger partial charge in [-0.25, -0.2) is 5.43 Å². The molecule has 3 aliphatic rings. The number of piperidine rings is 1. The molecule has 2 saturated carbocycles. The van der Waals surface area contributed by atoms with Crippen molar-refractivity contribution in [3.63, 3.8) is 0 Å². The van der Waals surface area contributed by atoms with E-state index in [0.29, 0.717) is 23.8 Å². The average molecular weight is 474 g/mol. The molecular weight excluding hydrogens is 442 g/mol. The minimum atomic E-state index is -0.413. The van der Waals surface area contributed by atoms with Gasteiger partial charge in [-0.05, 0) is 61.3 Å². The van der Waals surface area contributed by atoms with Gasteiger partial charge in [-0.15, -0.1) is 0 Å². The van der Waals surface area contributed by atoms with E-state index in [1.54, 1.807) is 12.1 Å². The average Bonchev–Trinajstić information content (AvgIpc) is 3.03. The van der Waals surface area contributed by atoms with Crippen LogP contribution >= 0.6 is 15.9 Å². The number of carbonyl (C=O) groups excluding carboxylic acids is 2. The summed E-state index contributed by atoms with van der Waals surface area (Å²) >= 11 is 3.39. The zero-order valence-electron chi connectivity index (χ0n) is 18.4. The highest BCUT2D eigenvalue weighted by Crippen LogP contribution is 2.71. The number of nitrogens with zero attached hydrogens (tertiary/aromatic N) is 2. The molecule has 1 saturated heterocycles.